The van der Waals surface area contributed by atoms with Gasteiger partial charge in [0.25, 0.3) is 0 Å². The van der Waals surface area contributed by atoms with Crippen LogP contribution in [0.25, 0.3) is 0 Å². The number of nitrogens with one attached hydrogen (secondary N) is 1. The highest BCUT2D eigenvalue weighted by Gasteiger charge is 2.30. The summed E-state index contributed by atoms with van der Waals surface area (Å²) in [7, 11) is -2.36. The van der Waals surface area contributed by atoms with Crippen molar-refractivity contribution in [3.8, 4) is 0 Å². The van der Waals surface area contributed by atoms with E-state index in [0.717, 1.165) is 0 Å². The number of hydrogen-bond donors (Lipinski definition) is 1. The van der Waals surface area contributed by atoms with Gasteiger partial charge in [0.15, 0.2) is 0 Å². The lowest BCUT2D eigenvalue weighted by Gasteiger charge is -2.21. The highest BCUT2D eigenvalue weighted by molar-refractivity contribution is 7.89. The number of fused-ring (bicyclic) bond motifs is 1. The number of carbonyl (C=O) groups excluding carboxylic acids is 2. The topological polar surface area (TPSA) is 96.0 Å². The van der Waals surface area contributed by atoms with Crippen molar-refractivity contribution in [2.75, 3.05) is 38.6 Å². The van der Waals surface area contributed by atoms with Crippen LogP contribution in [0.2, 0.25) is 0 Å². The Labute approximate surface area is 140 Å². The van der Waals surface area contributed by atoms with E-state index in [9.17, 15) is 18.0 Å². The Kier molecular flexibility index (Phi) is 4.46. The van der Waals surface area contributed by atoms with Crippen molar-refractivity contribution in [3.63, 3.8) is 0 Å². The van der Waals surface area contributed by atoms with E-state index in [2.05, 4.69) is 5.32 Å². The lowest BCUT2D eigenvalue weighted by molar-refractivity contribution is -0.115. The predicted molar refractivity (Wildman–Crippen MR) is 86.1 cm³/mol. The van der Waals surface area contributed by atoms with Gasteiger partial charge in [-0.2, -0.15) is 4.31 Å². The molecule has 2 aliphatic heterocycles. The van der Waals surface area contributed by atoms with Crippen molar-refractivity contribution in [1.29, 1.82) is 0 Å². The third-order valence-electron chi connectivity index (χ3n) is 4.23. The Hall–Kier alpha value is -2.13. The Bertz CT molecular complexity index is 777. The van der Waals surface area contributed by atoms with E-state index >= 15 is 0 Å². The minimum absolute atomic E-state index is 0.136. The average molecular weight is 353 g/mol. The number of rotatable bonds is 2. The molecule has 1 saturated heterocycles. The minimum Gasteiger partial charge on any atom is -0.453 e. The Morgan fingerprint density at radius 1 is 1.21 bits per heavy atom. The number of methoxy groups -OCH3 is 1. The normalized spacial score (nSPS) is 18.7. The van der Waals surface area contributed by atoms with Crippen LogP contribution in [-0.2, 0) is 26.0 Å². The fraction of sp³-hybridized carbons (Fsp3) is 0.467. The molecule has 9 heteroatoms. The number of sulfonamides is 1. The third kappa shape index (κ3) is 3.09. The van der Waals surface area contributed by atoms with Gasteiger partial charge in [0, 0.05) is 31.9 Å². The van der Waals surface area contributed by atoms with Crippen LogP contribution in [0.4, 0.5) is 10.5 Å². The van der Waals surface area contributed by atoms with Gasteiger partial charge in [-0.25, -0.2) is 13.2 Å². The van der Waals surface area contributed by atoms with Crippen molar-refractivity contribution in [2.24, 2.45) is 0 Å². The lowest BCUT2D eigenvalue weighted by Crippen LogP contribution is -2.37. The number of ether oxygens (including phenoxy) is 1. The molecular weight excluding hydrogens is 334 g/mol. The van der Waals surface area contributed by atoms with Gasteiger partial charge in [0.2, 0.25) is 15.9 Å². The second-order valence-electron chi connectivity index (χ2n) is 5.76. The molecule has 1 aromatic carbocycles. The van der Waals surface area contributed by atoms with E-state index in [4.69, 9.17) is 4.74 Å². The first-order valence-corrected chi connectivity index (χ1v) is 9.11. The quantitative estimate of drug-likeness (QED) is 0.842. The zero-order valence-corrected chi connectivity index (χ0v) is 14.1. The van der Waals surface area contributed by atoms with Crippen LogP contribution < -0.4 is 5.32 Å². The summed E-state index contributed by atoms with van der Waals surface area (Å²) < 4.78 is 31.8. The molecule has 2 aliphatic rings. The first kappa shape index (κ1) is 16.7. The molecule has 1 aromatic rings. The number of benzene rings is 1. The maximum absolute atomic E-state index is 12.9. The van der Waals surface area contributed by atoms with E-state index in [1.807, 2.05) is 0 Å². The second kappa shape index (κ2) is 6.40. The summed E-state index contributed by atoms with van der Waals surface area (Å²) in [5.41, 5.74) is 1.35. The first-order valence-electron chi connectivity index (χ1n) is 7.67. The van der Waals surface area contributed by atoms with E-state index < -0.39 is 16.1 Å². The van der Waals surface area contributed by atoms with Gasteiger partial charge >= 0.3 is 6.09 Å². The maximum Gasteiger partial charge on any atom is 0.409 e. The molecule has 0 bridgehead atoms. The van der Waals surface area contributed by atoms with Crippen LogP contribution in [-0.4, -0.2) is 62.9 Å². The van der Waals surface area contributed by atoms with Crippen LogP contribution in [0, 0.1) is 0 Å². The maximum atomic E-state index is 12.9. The van der Waals surface area contributed by atoms with Crippen LogP contribution in [0.1, 0.15) is 12.0 Å². The highest BCUT2D eigenvalue weighted by atomic mass is 32.2. The third-order valence-corrected chi connectivity index (χ3v) is 6.12. The molecule has 3 rings (SSSR count). The number of amides is 2. The van der Waals surface area contributed by atoms with Gasteiger partial charge in [0.1, 0.15) is 0 Å². The number of anilines is 1. The smallest absolute Gasteiger partial charge is 0.409 e. The molecule has 0 atom stereocenters. The van der Waals surface area contributed by atoms with Crippen molar-refractivity contribution < 1.29 is 22.7 Å². The van der Waals surface area contributed by atoms with Gasteiger partial charge in [-0.15, -0.1) is 0 Å². The molecule has 1 fully saturated rings. The molecule has 0 aromatic heterocycles. The van der Waals surface area contributed by atoms with Crippen LogP contribution in [0.15, 0.2) is 23.1 Å². The SMILES string of the molecule is COC(=O)N1CCCN(S(=O)(=O)c2ccc3c(c2)CC(=O)N3)CC1. The largest absolute Gasteiger partial charge is 0.453 e. The minimum atomic E-state index is -3.66. The summed E-state index contributed by atoms with van der Waals surface area (Å²) in [6.45, 7) is 1.30. The van der Waals surface area contributed by atoms with Gasteiger partial charge < -0.3 is 15.0 Å². The fourth-order valence-corrected chi connectivity index (χ4v) is 4.48. The standard InChI is InChI=1S/C15H19N3O5S/c1-23-15(20)17-5-2-6-18(8-7-17)24(21,22)12-3-4-13-11(9-12)10-14(19)16-13/h3-4,9H,2,5-8,10H2,1H3,(H,16,19). The highest BCUT2D eigenvalue weighted by Crippen LogP contribution is 2.27. The van der Waals surface area contributed by atoms with Crippen LogP contribution in [0.5, 0.6) is 0 Å². The summed E-state index contributed by atoms with van der Waals surface area (Å²) in [5.74, 6) is -0.136. The van der Waals surface area contributed by atoms with E-state index in [1.165, 1.54) is 22.4 Å². The van der Waals surface area contributed by atoms with E-state index in [1.54, 1.807) is 12.1 Å². The molecular formula is C15H19N3O5S. The van der Waals surface area contributed by atoms with Gasteiger partial charge in [-0.1, -0.05) is 0 Å². The molecule has 0 saturated carbocycles. The molecule has 1 N–H and O–H groups in total. The summed E-state index contributed by atoms with van der Waals surface area (Å²) in [4.78, 5) is 24.7. The Morgan fingerprint density at radius 3 is 2.75 bits per heavy atom. The Balaban J connectivity index is 1.80. The van der Waals surface area contributed by atoms with Gasteiger partial charge in [-0.05, 0) is 30.2 Å². The van der Waals surface area contributed by atoms with E-state index in [0.29, 0.717) is 30.8 Å². The summed E-state index contributed by atoms with van der Waals surface area (Å²) in [5, 5.41) is 2.68. The molecule has 0 radical (unpaired) electrons. The second-order valence-corrected chi connectivity index (χ2v) is 7.70. The lowest BCUT2D eigenvalue weighted by atomic mass is 10.2. The molecule has 8 nitrogen and oxygen atoms in total. The number of nitrogens with zero attached hydrogens (tertiary/aromatic N) is 2. The van der Waals surface area contributed by atoms with Crippen LogP contribution in [0.3, 0.4) is 0 Å². The van der Waals surface area contributed by atoms with E-state index in [-0.39, 0.29) is 30.3 Å². The van der Waals surface area contributed by atoms with Crippen molar-refractivity contribution >= 4 is 27.7 Å². The van der Waals surface area contributed by atoms with Crippen LogP contribution >= 0.6 is 0 Å². The molecule has 0 spiro atoms. The zero-order chi connectivity index (χ0) is 17.3. The molecule has 0 aliphatic carbocycles. The van der Waals surface area contributed by atoms with Gasteiger partial charge in [-0.3, -0.25) is 4.79 Å². The summed E-state index contributed by atoms with van der Waals surface area (Å²) in [6, 6.07) is 4.67. The monoisotopic (exact) mass is 353 g/mol. The van der Waals surface area contributed by atoms with Gasteiger partial charge in [0.05, 0.1) is 18.4 Å². The predicted octanol–water partition coefficient (Wildman–Crippen LogP) is 0.644. The number of hydrogen-bond acceptors (Lipinski definition) is 5. The van der Waals surface area contributed by atoms with Crippen molar-refractivity contribution in [2.45, 2.75) is 17.7 Å². The van der Waals surface area contributed by atoms with Crippen molar-refractivity contribution in [3.05, 3.63) is 23.8 Å². The summed E-state index contributed by atoms with van der Waals surface area (Å²) in [6.07, 6.45) is 0.282. The average Bonchev–Trinajstić information content (AvgIpc) is 2.77. The summed E-state index contributed by atoms with van der Waals surface area (Å²) >= 11 is 0. The Morgan fingerprint density at radius 2 is 2.00 bits per heavy atom. The zero-order valence-electron chi connectivity index (χ0n) is 13.3. The molecule has 2 amide bonds. The molecule has 24 heavy (non-hydrogen) atoms. The molecule has 130 valence electrons. The van der Waals surface area contributed by atoms with Crippen molar-refractivity contribution in [1.82, 2.24) is 9.21 Å². The number of carbonyl (C=O) groups is 2. The molecule has 2 heterocycles. The first-order chi connectivity index (χ1) is 11.4. The molecule has 0 unspecified atom stereocenters. The fourth-order valence-electron chi connectivity index (χ4n) is 2.96.